The molecule has 2 fully saturated rings. The number of ether oxygens (including phenoxy) is 1. The van der Waals surface area contributed by atoms with Crippen molar-refractivity contribution < 1.29 is 4.74 Å². The molecule has 1 saturated heterocycles. The maximum atomic E-state index is 9.29. The Balaban J connectivity index is 2.04. The van der Waals surface area contributed by atoms with Crippen molar-refractivity contribution in [3.8, 4) is 6.07 Å². The molecule has 1 aromatic rings. The van der Waals surface area contributed by atoms with Gasteiger partial charge in [0.25, 0.3) is 0 Å². The summed E-state index contributed by atoms with van der Waals surface area (Å²) in [5.41, 5.74) is -0.223. The zero-order chi connectivity index (χ0) is 10.5. The van der Waals surface area contributed by atoms with Crippen LogP contribution < -0.4 is 0 Å². The number of rotatable bonds is 2. The highest BCUT2D eigenvalue weighted by molar-refractivity contribution is 7.16. The van der Waals surface area contributed by atoms with Crippen LogP contribution in [0.2, 0.25) is 4.34 Å². The van der Waals surface area contributed by atoms with Gasteiger partial charge in [-0.1, -0.05) is 11.6 Å². The average Bonchev–Trinajstić information content (AvgIpc) is 2.83. The lowest BCUT2D eigenvalue weighted by Gasteiger charge is -2.44. The van der Waals surface area contributed by atoms with Crippen molar-refractivity contribution in [2.75, 3.05) is 13.2 Å². The molecule has 0 radical (unpaired) electrons. The van der Waals surface area contributed by atoms with E-state index in [4.69, 9.17) is 16.3 Å². The second kappa shape index (κ2) is 2.98. The van der Waals surface area contributed by atoms with E-state index in [0.29, 0.717) is 13.2 Å². The van der Waals surface area contributed by atoms with Gasteiger partial charge in [-0.05, 0) is 25.0 Å². The Morgan fingerprint density at radius 3 is 2.47 bits per heavy atom. The first-order valence-corrected chi connectivity index (χ1v) is 6.17. The molecule has 0 aromatic carbocycles. The molecule has 0 atom stereocenters. The Bertz CT molecular complexity index is 440. The number of hydrogen-bond acceptors (Lipinski definition) is 3. The van der Waals surface area contributed by atoms with Crippen LogP contribution in [-0.2, 0) is 10.2 Å². The zero-order valence-corrected chi connectivity index (χ0v) is 9.70. The van der Waals surface area contributed by atoms with Gasteiger partial charge in [-0.15, -0.1) is 11.3 Å². The van der Waals surface area contributed by atoms with Gasteiger partial charge in [-0.25, -0.2) is 0 Å². The van der Waals surface area contributed by atoms with Crippen LogP contribution in [0.3, 0.4) is 0 Å². The Kier molecular flexibility index (Phi) is 1.91. The lowest BCUT2D eigenvalue weighted by atomic mass is 9.70. The van der Waals surface area contributed by atoms with Gasteiger partial charge in [0.15, 0.2) is 0 Å². The number of halogens is 1. The van der Waals surface area contributed by atoms with Crippen molar-refractivity contribution in [1.29, 1.82) is 5.26 Å². The predicted octanol–water partition coefficient (Wildman–Crippen LogP) is 2.97. The van der Waals surface area contributed by atoms with E-state index in [0.717, 1.165) is 17.2 Å². The Hall–Kier alpha value is -0.560. The molecule has 3 rings (SSSR count). The molecular weight excluding hydrogens is 230 g/mol. The molecule has 0 N–H and O–H groups in total. The number of nitrogens with zero attached hydrogens (tertiary/aromatic N) is 1. The van der Waals surface area contributed by atoms with Crippen molar-refractivity contribution in [2.45, 2.75) is 18.3 Å². The third-order valence-electron chi connectivity index (χ3n) is 3.62. The highest BCUT2D eigenvalue weighted by atomic mass is 35.5. The monoisotopic (exact) mass is 239 g/mol. The van der Waals surface area contributed by atoms with Crippen LogP contribution in [0, 0.1) is 16.7 Å². The van der Waals surface area contributed by atoms with Crippen molar-refractivity contribution in [1.82, 2.24) is 0 Å². The van der Waals surface area contributed by atoms with Crippen LogP contribution in [0.4, 0.5) is 0 Å². The van der Waals surface area contributed by atoms with Gasteiger partial charge in [-0.2, -0.15) is 5.26 Å². The van der Waals surface area contributed by atoms with Crippen LogP contribution in [0.15, 0.2) is 12.1 Å². The van der Waals surface area contributed by atoms with E-state index in [1.54, 1.807) is 11.3 Å². The third kappa shape index (κ3) is 1.13. The normalized spacial score (nSPS) is 25.3. The summed E-state index contributed by atoms with van der Waals surface area (Å²) in [7, 11) is 0. The Morgan fingerprint density at radius 1 is 1.40 bits per heavy atom. The Labute approximate surface area is 97.4 Å². The minimum Gasteiger partial charge on any atom is -0.379 e. The molecule has 15 heavy (non-hydrogen) atoms. The highest BCUT2D eigenvalue weighted by Gasteiger charge is 2.65. The van der Waals surface area contributed by atoms with Crippen molar-refractivity contribution in [2.24, 2.45) is 5.41 Å². The van der Waals surface area contributed by atoms with Crippen LogP contribution in [0.1, 0.15) is 17.7 Å². The average molecular weight is 240 g/mol. The molecule has 0 amide bonds. The lowest BCUT2D eigenvalue weighted by molar-refractivity contribution is -0.0847. The van der Waals surface area contributed by atoms with Crippen LogP contribution in [-0.4, -0.2) is 13.2 Å². The first-order chi connectivity index (χ1) is 7.22. The molecule has 2 aliphatic rings. The summed E-state index contributed by atoms with van der Waals surface area (Å²) in [6, 6.07) is 6.45. The second-order valence-corrected chi connectivity index (χ2v) is 6.09. The Morgan fingerprint density at radius 2 is 2.13 bits per heavy atom. The van der Waals surface area contributed by atoms with E-state index in [1.807, 2.05) is 12.1 Å². The van der Waals surface area contributed by atoms with Crippen LogP contribution >= 0.6 is 22.9 Å². The predicted molar refractivity (Wildman–Crippen MR) is 59.1 cm³/mol. The lowest BCUT2D eigenvalue weighted by Crippen LogP contribution is -2.52. The summed E-state index contributed by atoms with van der Waals surface area (Å²) >= 11 is 7.54. The summed E-state index contributed by atoms with van der Waals surface area (Å²) in [6.07, 6.45) is 2.00. The number of thiophene rings is 1. The van der Waals surface area contributed by atoms with E-state index in [1.165, 1.54) is 4.88 Å². The van der Waals surface area contributed by atoms with Crippen LogP contribution in [0.5, 0.6) is 0 Å². The van der Waals surface area contributed by atoms with Crippen LogP contribution in [0.25, 0.3) is 0 Å². The summed E-state index contributed by atoms with van der Waals surface area (Å²) in [5, 5.41) is 9.29. The van der Waals surface area contributed by atoms with Crippen molar-refractivity contribution >= 4 is 22.9 Å². The SMILES string of the molecule is N#CC1(C2(c3ccc(Cl)s3)COC2)CC1. The van der Waals surface area contributed by atoms with Crippen molar-refractivity contribution in [3.05, 3.63) is 21.3 Å². The quantitative estimate of drug-likeness (QED) is 0.795. The van der Waals surface area contributed by atoms with Gasteiger partial charge < -0.3 is 4.74 Å². The van der Waals surface area contributed by atoms with Gasteiger partial charge in [0, 0.05) is 4.88 Å². The summed E-state index contributed by atoms with van der Waals surface area (Å²) in [5.74, 6) is 0. The number of hydrogen-bond donors (Lipinski definition) is 0. The largest absolute Gasteiger partial charge is 0.379 e. The molecule has 1 saturated carbocycles. The molecule has 2 nitrogen and oxygen atoms in total. The standard InChI is InChI=1S/C11H10ClNOS/c12-9-2-1-8(15-9)11(6-14-7-11)10(5-13)3-4-10/h1-2H,3-4,6-7H2. The molecular formula is C11H10ClNOS. The fourth-order valence-electron chi connectivity index (χ4n) is 2.35. The van der Waals surface area contributed by atoms with Gasteiger partial charge in [0.1, 0.15) is 0 Å². The highest BCUT2D eigenvalue weighted by Crippen LogP contribution is 2.63. The van der Waals surface area contributed by atoms with Crippen molar-refractivity contribution in [3.63, 3.8) is 0 Å². The topological polar surface area (TPSA) is 33.0 Å². The summed E-state index contributed by atoms with van der Waals surface area (Å²) in [6.45, 7) is 1.36. The molecule has 0 bridgehead atoms. The second-order valence-electron chi connectivity index (χ2n) is 4.37. The summed E-state index contributed by atoms with van der Waals surface area (Å²) < 4.78 is 6.14. The first kappa shape index (κ1) is 9.65. The third-order valence-corrected chi connectivity index (χ3v) is 5.06. The molecule has 1 aliphatic carbocycles. The minimum absolute atomic E-state index is 0.0560. The zero-order valence-electron chi connectivity index (χ0n) is 8.12. The molecule has 4 heteroatoms. The van der Waals surface area contributed by atoms with E-state index >= 15 is 0 Å². The molecule has 78 valence electrons. The number of nitriles is 1. The van der Waals surface area contributed by atoms with Gasteiger partial charge in [0.05, 0.1) is 34.4 Å². The fraction of sp³-hybridized carbons (Fsp3) is 0.545. The molecule has 1 aromatic heterocycles. The van der Waals surface area contributed by atoms with E-state index in [-0.39, 0.29) is 10.8 Å². The molecule has 0 unspecified atom stereocenters. The van der Waals surface area contributed by atoms with E-state index in [9.17, 15) is 5.26 Å². The van der Waals surface area contributed by atoms with Gasteiger partial charge >= 0.3 is 0 Å². The van der Waals surface area contributed by atoms with E-state index < -0.39 is 0 Å². The summed E-state index contributed by atoms with van der Waals surface area (Å²) in [4.78, 5) is 1.22. The maximum absolute atomic E-state index is 9.29. The van der Waals surface area contributed by atoms with Gasteiger partial charge in [0.2, 0.25) is 0 Å². The first-order valence-electron chi connectivity index (χ1n) is 4.97. The maximum Gasteiger partial charge on any atom is 0.0931 e. The van der Waals surface area contributed by atoms with E-state index in [2.05, 4.69) is 6.07 Å². The molecule has 2 heterocycles. The molecule has 0 spiro atoms. The molecule has 1 aliphatic heterocycles. The minimum atomic E-state index is -0.167. The fourth-order valence-corrected chi connectivity index (χ4v) is 3.66. The smallest absolute Gasteiger partial charge is 0.0931 e. The van der Waals surface area contributed by atoms with Gasteiger partial charge in [-0.3, -0.25) is 0 Å².